The van der Waals surface area contributed by atoms with E-state index in [-0.39, 0.29) is 10.7 Å². The van der Waals surface area contributed by atoms with Gasteiger partial charge in [-0.2, -0.15) is 4.39 Å². The number of rotatable bonds is 2. The number of nitrogens with one attached hydrogen (secondary N) is 2. The molecule has 0 saturated heterocycles. The predicted molar refractivity (Wildman–Crippen MR) is 36.2 cm³/mol. The molecule has 4 heteroatoms. The molecule has 2 nitrogen and oxygen atoms in total. The Morgan fingerprint density at radius 2 is 2.00 bits per heavy atom. The van der Waals surface area contributed by atoms with E-state index in [2.05, 4.69) is 0 Å². The zero-order valence-electron chi connectivity index (χ0n) is 4.83. The molecular formula is C5H6ClFN2. The Labute approximate surface area is 57.3 Å². The summed E-state index contributed by atoms with van der Waals surface area (Å²) in [6.07, 6.45) is 0.884. The van der Waals surface area contributed by atoms with Crippen molar-refractivity contribution in [2.75, 3.05) is 0 Å². The number of hydrogen-bond donors (Lipinski definition) is 2. The Hall–Kier alpha value is -0.700. The van der Waals surface area contributed by atoms with E-state index in [0.717, 1.165) is 6.08 Å². The minimum atomic E-state index is -1.09. The summed E-state index contributed by atoms with van der Waals surface area (Å²) in [5, 5.41) is 12.8. The third-order valence-electron chi connectivity index (χ3n) is 0.689. The molecule has 0 atom stereocenters. The topological polar surface area (TPSA) is 47.7 Å². The van der Waals surface area contributed by atoms with E-state index in [9.17, 15) is 4.39 Å². The zero-order valence-corrected chi connectivity index (χ0v) is 5.59. The lowest BCUT2D eigenvalue weighted by Crippen LogP contribution is -1.89. The average Bonchev–Trinajstić information content (AvgIpc) is 1.63. The van der Waals surface area contributed by atoms with Crippen molar-refractivity contribution in [2.45, 2.75) is 6.92 Å². The van der Waals surface area contributed by atoms with Crippen LogP contribution in [0.3, 0.4) is 0 Å². The van der Waals surface area contributed by atoms with Crippen LogP contribution >= 0.6 is 11.6 Å². The van der Waals surface area contributed by atoms with E-state index in [1.165, 1.54) is 6.92 Å². The molecule has 9 heavy (non-hydrogen) atoms. The average molecular weight is 149 g/mol. The molecular weight excluding hydrogens is 143 g/mol. The monoisotopic (exact) mass is 148 g/mol. The van der Waals surface area contributed by atoms with Crippen LogP contribution in [0.1, 0.15) is 6.92 Å². The van der Waals surface area contributed by atoms with Gasteiger partial charge in [-0.3, -0.25) is 10.8 Å². The third-order valence-corrected chi connectivity index (χ3v) is 0.988. The van der Waals surface area contributed by atoms with Gasteiger partial charge in [0.1, 0.15) is 5.17 Å². The molecule has 0 aromatic heterocycles. The summed E-state index contributed by atoms with van der Waals surface area (Å²) < 4.78 is 11.7. The lowest BCUT2D eigenvalue weighted by atomic mass is 10.3. The lowest BCUT2D eigenvalue weighted by Gasteiger charge is -1.89. The van der Waals surface area contributed by atoms with Crippen LogP contribution in [0.4, 0.5) is 4.39 Å². The van der Waals surface area contributed by atoms with Gasteiger partial charge < -0.3 is 0 Å². The van der Waals surface area contributed by atoms with Gasteiger partial charge in [-0.1, -0.05) is 11.6 Å². The number of halogens is 2. The molecule has 0 aromatic carbocycles. The van der Waals surface area contributed by atoms with Gasteiger partial charge in [-0.15, -0.1) is 0 Å². The Morgan fingerprint density at radius 3 is 2.11 bits per heavy atom. The quantitative estimate of drug-likeness (QED) is 0.564. The smallest absolute Gasteiger partial charge is 0.205 e. The summed E-state index contributed by atoms with van der Waals surface area (Å²) in [7, 11) is 0. The van der Waals surface area contributed by atoms with Crippen LogP contribution in [0.5, 0.6) is 0 Å². The molecule has 50 valence electrons. The van der Waals surface area contributed by atoms with Crippen LogP contribution in [-0.2, 0) is 0 Å². The standard InChI is InChI=1S/C5H6ClFN2/c1-3(5(6)9)2-4(7)8/h2,8-9H,1H3/b3-2-,8-4?,9-5?. The number of allylic oxidation sites excluding steroid dienone is 2. The molecule has 0 bridgehead atoms. The fourth-order valence-electron chi connectivity index (χ4n) is 0.253. The van der Waals surface area contributed by atoms with Gasteiger partial charge in [0.25, 0.3) is 0 Å². The van der Waals surface area contributed by atoms with Crippen molar-refractivity contribution < 1.29 is 4.39 Å². The van der Waals surface area contributed by atoms with Gasteiger partial charge in [-0.25, -0.2) is 0 Å². The SMILES string of the molecule is C/C(=C/C(=N)F)C(=N)Cl. The minimum absolute atomic E-state index is 0.239. The molecule has 2 N–H and O–H groups in total. The molecule has 0 aliphatic carbocycles. The summed E-state index contributed by atoms with van der Waals surface area (Å²) >= 11 is 5.12. The lowest BCUT2D eigenvalue weighted by molar-refractivity contribution is 0.803. The Bertz CT molecular complexity index is 174. The molecule has 0 unspecified atom stereocenters. The normalized spacial score (nSPS) is 11.2. The van der Waals surface area contributed by atoms with Gasteiger partial charge >= 0.3 is 0 Å². The predicted octanol–water partition coefficient (Wildman–Crippen LogP) is 2.10. The molecule has 0 heterocycles. The highest BCUT2D eigenvalue weighted by atomic mass is 35.5. The van der Waals surface area contributed by atoms with Crippen molar-refractivity contribution in [3.63, 3.8) is 0 Å². The highest BCUT2D eigenvalue weighted by molar-refractivity contribution is 6.68. The van der Waals surface area contributed by atoms with E-state index in [0.29, 0.717) is 0 Å². The van der Waals surface area contributed by atoms with Crippen LogP contribution in [0.15, 0.2) is 11.6 Å². The van der Waals surface area contributed by atoms with Crippen molar-refractivity contribution in [1.82, 2.24) is 0 Å². The van der Waals surface area contributed by atoms with Gasteiger partial charge in [0, 0.05) is 0 Å². The second kappa shape index (κ2) is 3.35. The summed E-state index contributed by atoms with van der Waals surface area (Å²) in [5.74, 6) is -1.09. The number of hydrogen-bond acceptors (Lipinski definition) is 2. The molecule has 0 fully saturated rings. The van der Waals surface area contributed by atoms with Crippen molar-refractivity contribution in [3.8, 4) is 0 Å². The molecule has 0 rings (SSSR count). The summed E-state index contributed by atoms with van der Waals surface area (Å²) in [6, 6.07) is 0. The summed E-state index contributed by atoms with van der Waals surface area (Å²) in [6.45, 7) is 1.46. The fourth-order valence-corrected chi connectivity index (χ4v) is 0.308. The maximum Gasteiger partial charge on any atom is 0.205 e. The minimum Gasteiger partial charge on any atom is -0.289 e. The van der Waals surface area contributed by atoms with Crippen LogP contribution in [-0.4, -0.2) is 11.1 Å². The van der Waals surface area contributed by atoms with Crippen LogP contribution < -0.4 is 0 Å². The summed E-state index contributed by atoms with van der Waals surface area (Å²) in [5.41, 5.74) is 0.254. The van der Waals surface area contributed by atoms with E-state index in [1.807, 2.05) is 0 Å². The second-order valence-corrected chi connectivity index (χ2v) is 1.87. The maximum atomic E-state index is 11.7. The Morgan fingerprint density at radius 1 is 1.56 bits per heavy atom. The maximum absolute atomic E-state index is 11.7. The van der Waals surface area contributed by atoms with Crippen LogP contribution in [0, 0.1) is 10.8 Å². The molecule has 0 aliphatic heterocycles. The summed E-state index contributed by atoms with van der Waals surface area (Å²) in [4.78, 5) is 0. The fraction of sp³-hybridized carbons (Fsp3) is 0.200. The van der Waals surface area contributed by atoms with Crippen molar-refractivity contribution in [1.29, 1.82) is 10.8 Å². The largest absolute Gasteiger partial charge is 0.289 e. The van der Waals surface area contributed by atoms with E-state index in [4.69, 9.17) is 22.4 Å². The first-order valence-corrected chi connectivity index (χ1v) is 2.58. The Balaban J connectivity index is 4.17. The van der Waals surface area contributed by atoms with Gasteiger partial charge in [0.2, 0.25) is 5.97 Å². The first-order chi connectivity index (χ1) is 4.04. The van der Waals surface area contributed by atoms with Crippen LogP contribution in [0.25, 0.3) is 0 Å². The second-order valence-electron chi connectivity index (χ2n) is 1.49. The van der Waals surface area contributed by atoms with Gasteiger partial charge in [-0.05, 0) is 18.6 Å². The third kappa shape index (κ3) is 3.85. The van der Waals surface area contributed by atoms with E-state index >= 15 is 0 Å². The highest BCUT2D eigenvalue weighted by Gasteiger charge is 1.94. The first-order valence-electron chi connectivity index (χ1n) is 2.21. The van der Waals surface area contributed by atoms with E-state index in [1.54, 1.807) is 0 Å². The molecule has 0 radical (unpaired) electrons. The Kier molecular flexibility index (Phi) is 3.09. The molecule has 0 amide bonds. The first kappa shape index (κ1) is 8.30. The zero-order chi connectivity index (χ0) is 7.44. The van der Waals surface area contributed by atoms with Crippen molar-refractivity contribution in [3.05, 3.63) is 11.6 Å². The van der Waals surface area contributed by atoms with Gasteiger partial charge in [0.05, 0.1) is 0 Å². The van der Waals surface area contributed by atoms with Crippen LogP contribution in [0.2, 0.25) is 0 Å². The van der Waals surface area contributed by atoms with Crippen molar-refractivity contribution >= 4 is 22.7 Å². The molecule has 0 saturated carbocycles. The molecule has 0 aliphatic rings. The molecule has 0 aromatic rings. The van der Waals surface area contributed by atoms with E-state index < -0.39 is 5.97 Å². The van der Waals surface area contributed by atoms with Crippen molar-refractivity contribution in [2.24, 2.45) is 0 Å². The van der Waals surface area contributed by atoms with Gasteiger partial charge in [0.15, 0.2) is 0 Å². The molecule has 0 spiro atoms. The highest BCUT2D eigenvalue weighted by Crippen LogP contribution is 1.98.